The Hall–Kier alpha value is -0.650. The van der Waals surface area contributed by atoms with Gasteiger partial charge in [0.2, 0.25) is 0 Å². The number of hydrogen-bond donors (Lipinski definition) is 3. The fourth-order valence-electron chi connectivity index (χ4n) is 2.74. The highest BCUT2D eigenvalue weighted by Gasteiger charge is 2.58. The van der Waals surface area contributed by atoms with Crippen molar-refractivity contribution in [2.45, 2.75) is 25.0 Å². The van der Waals surface area contributed by atoms with Crippen LogP contribution in [0.15, 0.2) is 0 Å². The Labute approximate surface area is 87.7 Å². The van der Waals surface area contributed by atoms with E-state index in [-0.39, 0.29) is 25.0 Å². The van der Waals surface area contributed by atoms with E-state index in [2.05, 4.69) is 0 Å². The fourth-order valence-corrected chi connectivity index (χ4v) is 2.74. The second-order valence-electron chi connectivity index (χ2n) is 4.69. The van der Waals surface area contributed by atoms with Crippen LogP contribution in [0.3, 0.4) is 0 Å². The molecule has 0 bridgehead atoms. The van der Waals surface area contributed by atoms with Crippen molar-refractivity contribution in [2.24, 2.45) is 17.8 Å². The minimum absolute atomic E-state index is 0.0861. The highest BCUT2D eigenvalue weighted by molar-refractivity contribution is 5.75. The van der Waals surface area contributed by atoms with Gasteiger partial charge in [0.25, 0.3) is 0 Å². The van der Waals surface area contributed by atoms with E-state index < -0.39 is 23.6 Å². The lowest BCUT2D eigenvalue weighted by atomic mass is 9.78. The second kappa shape index (κ2) is 3.43. The van der Waals surface area contributed by atoms with Crippen LogP contribution in [0.4, 0.5) is 0 Å². The monoisotopic (exact) mass is 216 g/mol. The zero-order chi connectivity index (χ0) is 11.2. The van der Waals surface area contributed by atoms with E-state index in [4.69, 9.17) is 9.84 Å². The molecule has 1 saturated heterocycles. The SMILES string of the molecule is CC1(O)C(O)CC2C(CO)COC(=O)C21. The van der Waals surface area contributed by atoms with Gasteiger partial charge in [-0.05, 0) is 19.3 Å². The summed E-state index contributed by atoms with van der Waals surface area (Å²) in [6.07, 6.45) is -0.579. The van der Waals surface area contributed by atoms with Crippen molar-refractivity contribution in [2.75, 3.05) is 13.2 Å². The number of carbonyl (C=O) groups excluding carboxylic acids is 1. The summed E-state index contributed by atoms with van der Waals surface area (Å²) in [6.45, 7) is 1.54. The van der Waals surface area contributed by atoms with Crippen molar-refractivity contribution in [3.8, 4) is 0 Å². The van der Waals surface area contributed by atoms with Gasteiger partial charge >= 0.3 is 5.97 Å². The molecule has 86 valence electrons. The van der Waals surface area contributed by atoms with Gasteiger partial charge in [0.15, 0.2) is 0 Å². The molecule has 5 unspecified atom stereocenters. The maximum Gasteiger partial charge on any atom is 0.312 e. The van der Waals surface area contributed by atoms with E-state index in [1.54, 1.807) is 0 Å². The van der Waals surface area contributed by atoms with Crippen LogP contribution in [0.1, 0.15) is 13.3 Å². The molecule has 1 heterocycles. The van der Waals surface area contributed by atoms with Crippen molar-refractivity contribution in [3.05, 3.63) is 0 Å². The molecule has 5 heteroatoms. The van der Waals surface area contributed by atoms with Gasteiger partial charge in [0.1, 0.15) is 5.60 Å². The lowest BCUT2D eigenvalue weighted by Crippen LogP contribution is -2.49. The van der Waals surface area contributed by atoms with Crippen LogP contribution in [0.5, 0.6) is 0 Å². The van der Waals surface area contributed by atoms with Crippen LogP contribution >= 0.6 is 0 Å². The molecule has 2 fully saturated rings. The highest BCUT2D eigenvalue weighted by Crippen LogP contribution is 2.46. The molecule has 2 aliphatic rings. The summed E-state index contributed by atoms with van der Waals surface area (Å²) >= 11 is 0. The summed E-state index contributed by atoms with van der Waals surface area (Å²) in [4.78, 5) is 11.5. The maximum atomic E-state index is 11.5. The molecule has 0 spiro atoms. The van der Waals surface area contributed by atoms with E-state index in [1.807, 2.05) is 0 Å². The summed E-state index contributed by atoms with van der Waals surface area (Å²) in [5.41, 5.74) is -1.43. The second-order valence-corrected chi connectivity index (χ2v) is 4.69. The van der Waals surface area contributed by atoms with Crippen molar-refractivity contribution in [3.63, 3.8) is 0 Å². The lowest BCUT2D eigenvalue weighted by molar-refractivity contribution is -0.174. The Morgan fingerprint density at radius 1 is 1.60 bits per heavy atom. The van der Waals surface area contributed by atoms with Gasteiger partial charge in [-0.3, -0.25) is 4.79 Å². The first-order valence-corrected chi connectivity index (χ1v) is 5.16. The van der Waals surface area contributed by atoms with Gasteiger partial charge in [-0.1, -0.05) is 0 Å². The summed E-state index contributed by atoms with van der Waals surface area (Å²) < 4.78 is 4.91. The van der Waals surface area contributed by atoms with Gasteiger partial charge in [-0.2, -0.15) is 0 Å². The predicted molar refractivity (Wildman–Crippen MR) is 49.8 cm³/mol. The molecule has 3 N–H and O–H groups in total. The number of ether oxygens (including phenoxy) is 1. The molecule has 5 atom stereocenters. The van der Waals surface area contributed by atoms with E-state index in [0.717, 1.165) is 0 Å². The predicted octanol–water partition coefficient (Wildman–Crippen LogP) is -1.10. The van der Waals surface area contributed by atoms with Gasteiger partial charge < -0.3 is 20.1 Å². The molecule has 0 aromatic rings. The number of cyclic esters (lactones) is 1. The fraction of sp³-hybridized carbons (Fsp3) is 0.900. The van der Waals surface area contributed by atoms with E-state index >= 15 is 0 Å². The smallest absolute Gasteiger partial charge is 0.312 e. The number of carbonyl (C=O) groups is 1. The average molecular weight is 216 g/mol. The van der Waals surface area contributed by atoms with Gasteiger partial charge in [0, 0.05) is 12.5 Å². The molecule has 0 amide bonds. The number of hydrogen-bond acceptors (Lipinski definition) is 5. The standard InChI is InChI=1S/C10H16O5/c1-10(14)7(12)2-6-5(3-11)4-15-9(13)8(6)10/h5-8,11-12,14H,2-4H2,1H3. The zero-order valence-electron chi connectivity index (χ0n) is 8.59. The van der Waals surface area contributed by atoms with E-state index in [0.29, 0.717) is 6.42 Å². The minimum atomic E-state index is -1.43. The molecule has 1 aliphatic heterocycles. The van der Waals surface area contributed by atoms with Crippen LogP contribution in [-0.4, -0.2) is 46.2 Å². The van der Waals surface area contributed by atoms with Gasteiger partial charge in [-0.25, -0.2) is 0 Å². The molecule has 1 aliphatic carbocycles. The first-order valence-electron chi connectivity index (χ1n) is 5.16. The number of esters is 1. The zero-order valence-corrected chi connectivity index (χ0v) is 8.59. The van der Waals surface area contributed by atoms with Crippen LogP contribution in [-0.2, 0) is 9.53 Å². The number of fused-ring (bicyclic) bond motifs is 1. The van der Waals surface area contributed by atoms with Crippen LogP contribution < -0.4 is 0 Å². The highest BCUT2D eigenvalue weighted by atomic mass is 16.5. The first-order chi connectivity index (χ1) is 6.98. The summed E-state index contributed by atoms with van der Waals surface area (Å²) in [6, 6.07) is 0. The molecule has 0 aromatic carbocycles. The Morgan fingerprint density at radius 3 is 2.87 bits per heavy atom. The number of rotatable bonds is 1. The number of aliphatic hydroxyl groups is 3. The molecule has 15 heavy (non-hydrogen) atoms. The topological polar surface area (TPSA) is 87.0 Å². The van der Waals surface area contributed by atoms with E-state index in [1.165, 1.54) is 6.92 Å². The third-order valence-corrected chi connectivity index (χ3v) is 3.76. The molecule has 2 rings (SSSR count). The van der Waals surface area contributed by atoms with Gasteiger partial charge in [0.05, 0.1) is 18.6 Å². The summed E-state index contributed by atoms with van der Waals surface area (Å²) in [5.74, 6) is -1.53. The molecule has 5 nitrogen and oxygen atoms in total. The summed E-state index contributed by atoms with van der Waals surface area (Å²) in [7, 11) is 0. The van der Waals surface area contributed by atoms with Crippen LogP contribution in [0.25, 0.3) is 0 Å². The quantitative estimate of drug-likeness (QED) is 0.484. The van der Waals surface area contributed by atoms with Crippen molar-refractivity contribution < 1.29 is 24.9 Å². The van der Waals surface area contributed by atoms with Crippen molar-refractivity contribution in [1.29, 1.82) is 0 Å². The van der Waals surface area contributed by atoms with Crippen molar-refractivity contribution >= 4 is 5.97 Å². The largest absolute Gasteiger partial charge is 0.465 e. The third kappa shape index (κ3) is 1.46. The lowest BCUT2D eigenvalue weighted by Gasteiger charge is -2.35. The molecular formula is C10H16O5. The Bertz CT molecular complexity index is 275. The van der Waals surface area contributed by atoms with Crippen molar-refractivity contribution in [1.82, 2.24) is 0 Å². The van der Waals surface area contributed by atoms with Gasteiger partial charge in [-0.15, -0.1) is 0 Å². The maximum absolute atomic E-state index is 11.5. The first kappa shape index (κ1) is 10.9. The summed E-state index contributed by atoms with van der Waals surface area (Å²) in [5, 5.41) is 28.8. The Morgan fingerprint density at radius 2 is 2.27 bits per heavy atom. The Kier molecular flexibility index (Phi) is 2.48. The molecular weight excluding hydrogens is 200 g/mol. The van der Waals surface area contributed by atoms with Crippen LogP contribution in [0.2, 0.25) is 0 Å². The number of aliphatic hydroxyl groups excluding tert-OH is 2. The average Bonchev–Trinajstić information content (AvgIpc) is 2.40. The molecule has 1 saturated carbocycles. The molecule has 0 radical (unpaired) electrons. The van der Waals surface area contributed by atoms with Crippen LogP contribution in [0, 0.1) is 17.8 Å². The normalized spacial score (nSPS) is 50.0. The molecule has 0 aromatic heterocycles. The minimum Gasteiger partial charge on any atom is -0.465 e. The Balaban J connectivity index is 2.29. The third-order valence-electron chi connectivity index (χ3n) is 3.76. The van der Waals surface area contributed by atoms with E-state index in [9.17, 15) is 15.0 Å².